The van der Waals surface area contributed by atoms with E-state index in [0.29, 0.717) is 23.3 Å². The Morgan fingerprint density at radius 1 is 1.20 bits per heavy atom. The van der Waals surface area contributed by atoms with Crippen molar-refractivity contribution < 1.29 is 28.9 Å². The van der Waals surface area contributed by atoms with Crippen LogP contribution in [0, 0.1) is 9.39 Å². The number of carbonyl (C=O) groups is 2. The average Bonchev–Trinajstić information content (AvgIpc) is 2.85. The lowest BCUT2D eigenvalue weighted by molar-refractivity contribution is -0.139. The zero-order valence-electron chi connectivity index (χ0n) is 19.5. The molecule has 0 bridgehead atoms. The second-order valence-electron chi connectivity index (χ2n) is 8.34. The maximum atomic E-state index is 13.4. The molecule has 3 rings (SSSR count). The Bertz CT molecular complexity index is 1050. The van der Waals surface area contributed by atoms with Gasteiger partial charge in [-0.25, -0.2) is 4.39 Å². The highest BCUT2D eigenvalue weighted by Crippen LogP contribution is 2.30. The number of carbonyl (C=O) groups excluding carboxylic acids is 2. The smallest absolute Gasteiger partial charge is 0.247 e. The normalized spacial score (nSPS) is 19.6. The zero-order valence-corrected chi connectivity index (χ0v) is 21.7. The number of amides is 2. The van der Waals surface area contributed by atoms with E-state index in [2.05, 4.69) is 27.9 Å². The second-order valence-corrected chi connectivity index (χ2v) is 9.51. The number of halogens is 2. The largest absolute Gasteiger partial charge is 0.482 e. The van der Waals surface area contributed by atoms with E-state index in [-0.39, 0.29) is 44.3 Å². The second kappa shape index (κ2) is 13.0. The van der Waals surface area contributed by atoms with Gasteiger partial charge in [-0.1, -0.05) is 31.2 Å². The van der Waals surface area contributed by atoms with Crippen LogP contribution >= 0.6 is 22.6 Å². The van der Waals surface area contributed by atoms with Crippen molar-refractivity contribution in [1.29, 1.82) is 0 Å². The number of benzene rings is 2. The maximum Gasteiger partial charge on any atom is 0.247 e. The average molecular weight is 596 g/mol. The van der Waals surface area contributed by atoms with Crippen LogP contribution in [-0.4, -0.2) is 58.3 Å². The number of rotatable bonds is 10. The Morgan fingerprint density at radius 3 is 2.57 bits per heavy atom. The van der Waals surface area contributed by atoms with E-state index >= 15 is 0 Å². The van der Waals surface area contributed by atoms with Crippen molar-refractivity contribution in [3.63, 3.8) is 0 Å². The molecule has 0 spiro atoms. The molecule has 0 aromatic heterocycles. The molecule has 0 radical (unpaired) electrons. The first kappa shape index (κ1) is 27.1. The van der Waals surface area contributed by atoms with E-state index in [4.69, 9.17) is 9.84 Å². The van der Waals surface area contributed by atoms with Gasteiger partial charge in [-0.2, -0.15) is 0 Å². The molecule has 1 aliphatic rings. The van der Waals surface area contributed by atoms with Crippen molar-refractivity contribution in [2.75, 3.05) is 13.2 Å². The fraction of sp³-hybridized carbons (Fsp3) is 0.385. The van der Waals surface area contributed by atoms with Gasteiger partial charge in [0.2, 0.25) is 11.8 Å². The number of nitrogens with zero attached hydrogens (tertiary/aromatic N) is 1. The number of aliphatic hydroxyl groups excluding tert-OH is 2. The van der Waals surface area contributed by atoms with Gasteiger partial charge in [0.05, 0.1) is 16.2 Å². The highest BCUT2D eigenvalue weighted by Gasteiger charge is 2.40. The molecule has 0 saturated carbocycles. The summed E-state index contributed by atoms with van der Waals surface area (Å²) in [5.41, 5.74) is 1.07. The summed E-state index contributed by atoms with van der Waals surface area (Å²) in [4.78, 5) is 27.5. The van der Waals surface area contributed by atoms with E-state index in [1.54, 1.807) is 29.2 Å². The molecule has 2 aromatic carbocycles. The Morgan fingerprint density at radius 2 is 1.91 bits per heavy atom. The molecule has 0 aliphatic heterocycles. The van der Waals surface area contributed by atoms with Crippen LogP contribution in [-0.2, 0) is 16.1 Å². The van der Waals surface area contributed by atoms with Crippen molar-refractivity contribution in [1.82, 2.24) is 10.2 Å². The van der Waals surface area contributed by atoms with Gasteiger partial charge < -0.3 is 25.2 Å². The molecular formula is C26H30FIN2O5. The fourth-order valence-corrected chi connectivity index (χ4v) is 4.52. The van der Waals surface area contributed by atoms with Crippen LogP contribution in [0.15, 0.2) is 60.2 Å². The van der Waals surface area contributed by atoms with Crippen LogP contribution in [0.2, 0.25) is 0 Å². The highest BCUT2D eigenvalue weighted by atomic mass is 127. The molecule has 0 fully saturated rings. The summed E-state index contributed by atoms with van der Waals surface area (Å²) < 4.78 is 20.4. The molecule has 2 amide bonds. The van der Waals surface area contributed by atoms with Crippen molar-refractivity contribution in [3.8, 4) is 5.75 Å². The monoisotopic (exact) mass is 596 g/mol. The number of nitrogens with one attached hydrogen (secondary N) is 1. The number of para-hydroxylation sites is 1. The Labute approximate surface area is 218 Å². The SMILES string of the molecule is CCCC(=O)N(Cc1ccc(F)cc1)C1CC(C(=O)NCCO)=CC(Oc2ccccc2I)C1O. The lowest BCUT2D eigenvalue weighted by atomic mass is 9.87. The third-order valence-electron chi connectivity index (χ3n) is 5.76. The van der Waals surface area contributed by atoms with Crippen LogP contribution in [0.5, 0.6) is 5.75 Å². The minimum Gasteiger partial charge on any atom is -0.482 e. The zero-order chi connectivity index (χ0) is 25.4. The van der Waals surface area contributed by atoms with Gasteiger partial charge in [0.15, 0.2) is 0 Å². The third kappa shape index (κ3) is 7.25. The Balaban J connectivity index is 1.96. The van der Waals surface area contributed by atoms with Gasteiger partial charge in [0.25, 0.3) is 0 Å². The van der Waals surface area contributed by atoms with E-state index < -0.39 is 24.2 Å². The molecule has 188 valence electrons. The predicted molar refractivity (Wildman–Crippen MR) is 138 cm³/mol. The molecule has 2 aromatic rings. The van der Waals surface area contributed by atoms with Crippen LogP contribution < -0.4 is 10.1 Å². The summed E-state index contributed by atoms with van der Waals surface area (Å²) in [7, 11) is 0. The Hall–Kier alpha value is -2.50. The predicted octanol–water partition coefficient (Wildman–Crippen LogP) is 3.17. The van der Waals surface area contributed by atoms with Gasteiger partial charge in [-0.15, -0.1) is 0 Å². The molecule has 9 heteroatoms. The van der Waals surface area contributed by atoms with Crippen molar-refractivity contribution >= 4 is 34.4 Å². The molecule has 3 N–H and O–H groups in total. The molecular weight excluding hydrogens is 566 g/mol. The first-order valence-electron chi connectivity index (χ1n) is 11.6. The van der Waals surface area contributed by atoms with Crippen molar-refractivity contribution in [2.45, 2.75) is 51.0 Å². The molecule has 3 atom stereocenters. The van der Waals surface area contributed by atoms with Crippen LogP contribution in [0.1, 0.15) is 31.7 Å². The minimum atomic E-state index is -1.11. The number of hydrogen-bond donors (Lipinski definition) is 3. The maximum absolute atomic E-state index is 13.4. The molecule has 1 aliphatic carbocycles. The molecule has 7 nitrogen and oxygen atoms in total. The fourth-order valence-electron chi connectivity index (χ4n) is 4.00. The van der Waals surface area contributed by atoms with E-state index in [1.165, 1.54) is 12.1 Å². The van der Waals surface area contributed by atoms with E-state index in [0.717, 1.165) is 3.57 Å². The minimum absolute atomic E-state index is 0.0829. The van der Waals surface area contributed by atoms with Gasteiger partial charge >= 0.3 is 0 Å². The van der Waals surface area contributed by atoms with Gasteiger partial charge in [-0.3, -0.25) is 9.59 Å². The number of aliphatic hydroxyl groups is 2. The van der Waals surface area contributed by atoms with E-state index in [9.17, 15) is 19.1 Å². The number of hydrogen-bond acceptors (Lipinski definition) is 5. The third-order valence-corrected chi connectivity index (χ3v) is 6.66. The highest BCUT2D eigenvalue weighted by molar-refractivity contribution is 14.1. The lowest BCUT2D eigenvalue weighted by Gasteiger charge is -2.40. The summed E-state index contributed by atoms with van der Waals surface area (Å²) in [6.07, 6.45) is 0.579. The summed E-state index contributed by atoms with van der Waals surface area (Å²) in [6, 6.07) is 12.4. The summed E-state index contributed by atoms with van der Waals surface area (Å²) in [5.74, 6) is -0.397. The molecule has 35 heavy (non-hydrogen) atoms. The van der Waals surface area contributed by atoms with Crippen LogP contribution in [0.25, 0.3) is 0 Å². The molecule has 0 saturated heterocycles. The van der Waals surface area contributed by atoms with Crippen molar-refractivity contribution in [2.24, 2.45) is 0 Å². The van der Waals surface area contributed by atoms with Crippen LogP contribution in [0.4, 0.5) is 4.39 Å². The summed E-state index contributed by atoms with van der Waals surface area (Å²) in [5, 5.41) is 23.1. The van der Waals surface area contributed by atoms with Gasteiger partial charge in [0.1, 0.15) is 23.8 Å². The first-order chi connectivity index (χ1) is 16.8. The first-order valence-corrected chi connectivity index (χ1v) is 12.6. The topological polar surface area (TPSA) is 99.1 Å². The standard InChI is InChI=1S/C26H30FIN2O5/c1-2-5-24(32)30(16-17-8-10-19(27)11-9-17)21-14-18(26(34)29-12-13-31)15-23(25(21)33)35-22-7-4-3-6-20(22)28/h3-4,6-11,15,21,23,25,31,33H,2,5,12-14,16H2,1H3,(H,29,34). The molecule has 0 heterocycles. The Kier molecular flexibility index (Phi) is 10.1. The quantitative estimate of drug-likeness (QED) is 0.366. The lowest BCUT2D eigenvalue weighted by Crippen LogP contribution is -2.54. The summed E-state index contributed by atoms with van der Waals surface area (Å²) in [6.45, 7) is 1.92. The van der Waals surface area contributed by atoms with Crippen LogP contribution in [0.3, 0.4) is 0 Å². The summed E-state index contributed by atoms with van der Waals surface area (Å²) >= 11 is 2.13. The molecule has 3 unspecified atom stereocenters. The number of ether oxygens (including phenoxy) is 1. The van der Waals surface area contributed by atoms with E-state index in [1.807, 2.05) is 25.1 Å². The van der Waals surface area contributed by atoms with Gasteiger partial charge in [-0.05, 0) is 64.9 Å². The van der Waals surface area contributed by atoms with Crippen molar-refractivity contribution in [3.05, 3.63) is 75.1 Å². The van der Waals surface area contributed by atoms with Gasteiger partial charge in [0, 0.05) is 31.5 Å².